The van der Waals surface area contributed by atoms with Crippen LogP contribution in [-0.2, 0) is 17.8 Å². The van der Waals surface area contributed by atoms with Crippen molar-refractivity contribution in [3.05, 3.63) is 40.4 Å². The summed E-state index contributed by atoms with van der Waals surface area (Å²) in [5.74, 6) is -1.06. The van der Waals surface area contributed by atoms with E-state index in [9.17, 15) is 9.18 Å². The molecule has 0 saturated heterocycles. The van der Waals surface area contributed by atoms with E-state index in [1.807, 2.05) is 0 Å². The number of aromatic nitrogens is 4. The number of benzene rings is 1. The Kier molecular flexibility index (Phi) is 4.22. The van der Waals surface area contributed by atoms with Crippen LogP contribution in [0, 0.1) is 11.2 Å². The molecule has 2 aromatic rings. The Morgan fingerprint density at radius 1 is 1.48 bits per heavy atom. The van der Waals surface area contributed by atoms with E-state index in [4.69, 9.17) is 16.7 Å². The second-order valence-corrected chi connectivity index (χ2v) is 5.73. The predicted octanol–water partition coefficient (Wildman–Crippen LogP) is 2.17. The summed E-state index contributed by atoms with van der Waals surface area (Å²) in [6.45, 7) is 3.21. The van der Waals surface area contributed by atoms with E-state index in [0.717, 1.165) is 0 Å². The van der Waals surface area contributed by atoms with Crippen LogP contribution in [0.3, 0.4) is 0 Å². The SMILES string of the molecule is CC(C)(Cn1nnnc1Cc1c(F)cccc1Cl)C(=O)O. The molecule has 2 rings (SSSR count). The van der Waals surface area contributed by atoms with Crippen LogP contribution < -0.4 is 0 Å². The van der Waals surface area contributed by atoms with Gasteiger partial charge in [-0.05, 0) is 36.4 Å². The van der Waals surface area contributed by atoms with Gasteiger partial charge in [-0.15, -0.1) is 5.10 Å². The topological polar surface area (TPSA) is 80.9 Å². The summed E-state index contributed by atoms with van der Waals surface area (Å²) in [5.41, 5.74) is -0.758. The summed E-state index contributed by atoms with van der Waals surface area (Å²) < 4.78 is 15.1. The second-order valence-electron chi connectivity index (χ2n) is 5.32. The number of carboxylic acids is 1. The Morgan fingerprint density at radius 2 is 2.19 bits per heavy atom. The van der Waals surface area contributed by atoms with Crippen LogP contribution in [0.4, 0.5) is 4.39 Å². The van der Waals surface area contributed by atoms with Gasteiger partial charge in [-0.1, -0.05) is 17.7 Å². The first kappa shape index (κ1) is 15.4. The number of hydrogen-bond acceptors (Lipinski definition) is 4. The minimum absolute atomic E-state index is 0.0801. The lowest BCUT2D eigenvalue weighted by Gasteiger charge is -2.19. The van der Waals surface area contributed by atoms with Crippen molar-refractivity contribution < 1.29 is 14.3 Å². The number of carboxylic acid groups (broad SMARTS) is 1. The molecule has 21 heavy (non-hydrogen) atoms. The van der Waals surface area contributed by atoms with Gasteiger partial charge in [0.25, 0.3) is 0 Å². The van der Waals surface area contributed by atoms with Crippen LogP contribution in [0.1, 0.15) is 25.2 Å². The number of aliphatic carboxylic acids is 1. The molecule has 0 amide bonds. The van der Waals surface area contributed by atoms with Gasteiger partial charge in [0.05, 0.1) is 12.0 Å². The minimum atomic E-state index is -1.04. The minimum Gasteiger partial charge on any atom is -0.481 e. The average molecular weight is 313 g/mol. The summed E-state index contributed by atoms with van der Waals surface area (Å²) in [6, 6.07) is 4.39. The van der Waals surface area contributed by atoms with Crippen LogP contribution in [-0.4, -0.2) is 31.3 Å². The van der Waals surface area contributed by atoms with Crippen molar-refractivity contribution >= 4 is 17.6 Å². The lowest BCUT2D eigenvalue weighted by Crippen LogP contribution is -2.30. The number of rotatable bonds is 5. The van der Waals surface area contributed by atoms with Crippen molar-refractivity contribution in [2.75, 3.05) is 0 Å². The molecule has 6 nitrogen and oxygen atoms in total. The molecule has 1 aromatic carbocycles. The Hall–Kier alpha value is -2.02. The maximum absolute atomic E-state index is 13.8. The van der Waals surface area contributed by atoms with Crippen molar-refractivity contribution in [2.45, 2.75) is 26.8 Å². The number of halogens is 2. The third kappa shape index (κ3) is 3.36. The maximum atomic E-state index is 13.8. The van der Waals surface area contributed by atoms with Crippen LogP contribution in [0.15, 0.2) is 18.2 Å². The highest BCUT2D eigenvalue weighted by atomic mass is 35.5. The molecule has 1 aromatic heterocycles. The molecule has 0 atom stereocenters. The maximum Gasteiger partial charge on any atom is 0.310 e. The molecule has 0 aliphatic carbocycles. The normalized spacial score (nSPS) is 11.6. The average Bonchev–Trinajstić information content (AvgIpc) is 2.80. The molecule has 0 fully saturated rings. The molecule has 0 aliphatic heterocycles. The van der Waals surface area contributed by atoms with E-state index < -0.39 is 17.2 Å². The van der Waals surface area contributed by atoms with Crippen molar-refractivity contribution in [3.8, 4) is 0 Å². The number of tetrazole rings is 1. The highest BCUT2D eigenvalue weighted by Crippen LogP contribution is 2.23. The summed E-state index contributed by atoms with van der Waals surface area (Å²) in [5, 5.41) is 20.5. The molecule has 0 aliphatic rings. The van der Waals surface area contributed by atoms with Gasteiger partial charge in [0.1, 0.15) is 5.82 Å². The molecule has 0 bridgehead atoms. The van der Waals surface area contributed by atoms with E-state index in [1.165, 1.54) is 16.8 Å². The molecule has 112 valence electrons. The van der Waals surface area contributed by atoms with E-state index >= 15 is 0 Å². The summed E-state index contributed by atoms with van der Waals surface area (Å²) in [6.07, 6.45) is 0.0915. The summed E-state index contributed by atoms with van der Waals surface area (Å²) in [7, 11) is 0. The van der Waals surface area contributed by atoms with E-state index in [1.54, 1.807) is 19.9 Å². The van der Waals surface area contributed by atoms with Gasteiger partial charge in [-0.2, -0.15) is 0 Å². The largest absolute Gasteiger partial charge is 0.481 e. The first-order valence-electron chi connectivity index (χ1n) is 6.22. The van der Waals surface area contributed by atoms with Crippen molar-refractivity contribution in [2.24, 2.45) is 5.41 Å². The number of carbonyl (C=O) groups is 1. The molecule has 0 radical (unpaired) electrons. The fourth-order valence-corrected chi connectivity index (χ4v) is 2.00. The van der Waals surface area contributed by atoms with Crippen LogP contribution >= 0.6 is 11.6 Å². The molecule has 1 N–H and O–H groups in total. The molecule has 1 heterocycles. The van der Waals surface area contributed by atoms with Gasteiger partial charge in [0.2, 0.25) is 0 Å². The zero-order valence-electron chi connectivity index (χ0n) is 11.5. The molecular formula is C13H14ClFN4O2. The van der Waals surface area contributed by atoms with Crippen molar-refractivity contribution in [1.82, 2.24) is 20.2 Å². The van der Waals surface area contributed by atoms with E-state index in [0.29, 0.717) is 5.82 Å². The molecule has 0 unspecified atom stereocenters. The fraction of sp³-hybridized carbons (Fsp3) is 0.385. The Bertz CT molecular complexity index is 652. The Morgan fingerprint density at radius 3 is 2.81 bits per heavy atom. The quantitative estimate of drug-likeness (QED) is 0.915. The predicted molar refractivity (Wildman–Crippen MR) is 73.4 cm³/mol. The smallest absolute Gasteiger partial charge is 0.310 e. The van der Waals surface area contributed by atoms with Gasteiger partial charge in [-0.25, -0.2) is 9.07 Å². The lowest BCUT2D eigenvalue weighted by atomic mass is 9.94. The number of nitrogens with zero attached hydrogens (tertiary/aromatic N) is 4. The van der Waals surface area contributed by atoms with Gasteiger partial charge in [-0.3, -0.25) is 4.79 Å². The van der Waals surface area contributed by atoms with Gasteiger partial charge in [0, 0.05) is 17.0 Å². The standard InChI is InChI=1S/C13H14ClFN4O2/c1-13(2,12(20)21)7-19-11(16-17-18-19)6-8-9(14)4-3-5-10(8)15/h3-5H,6-7H2,1-2H3,(H,20,21). The van der Waals surface area contributed by atoms with E-state index in [2.05, 4.69) is 15.5 Å². The lowest BCUT2D eigenvalue weighted by molar-refractivity contribution is -0.147. The number of hydrogen-bond donors (Lipinski definition) is 1. The monoisotopic (exact) mass is 312 g/mol. The zero-order chi connectivity index (χ0) is 15.6. The molecule has 0 spiro atoms. The molecular weight excluding hydrogens is 299 g/mol. The zero-order valence-corrected chi connectivity index (χ0v) is 12.3. The van der Waals surface area contributed by atoms with Crippen LogP contribution in [0.25, 0.3) is 0 Å². The Balaban J connectivity index is 2.28. The first-order valence-corrected chi connectivity index (χ1v) is 6.60. The van der Waals surface area contributed by atoms with Crippen LogP contribution in [0.2, 0.25) is 5.02 Å². The fourth-order valence-electron chi connectivity index (χ4n) is 1.77. The Labute approximate surface area is 125 Å². The summed E-state index contributed by atoms with van der Waals surface area (Å²) >= 11 is 5.97. The summed E-state index contributed by atoms with van der Waals surface area (Å²) in [4.78, 5) is 11.2. The molecule has 0 saturated carbocycles. The third-order valence-electron chi connectivity index (χ3n) is 3.13. The van der Waals surface area contributed by atoms with Gasteiger partial charge >= 0.3 is 5.97 Å². The highest BCUT2D eigenvalue weighted by Gasteiger charge is 2.29. The van der Waals surface area contributed by atoms with Gasteiger partial charge < -0.3 is 5.11 Å². The first-order chi connectivity index (χ1) is 9.81. The second kappa shape index (κ2) is 5.77. The van der Waals surface area contributed by atoms with Crippen LogP contribution in [0.5, 0.6) is 0 Å². The van der Waals surface area contributed by atoms with Gasteiger partial charge in [0.15, 0.2) is 5.82 Å². The van der Waals surface area contributed by atoms with Crippen molar-refractivity contribution in [3.63, 3.8) is 0 Å². The van der Waals surface area contributed by atoms with Crippen molar-refractivity contribution in [1.29, 1.82) is 0 Å². The van der Waals surface area contributed by atoms with E-state index in [-0.39, 0.29) is 23.6 Å². The third-order valence-corrected chi connectivity index (χ3v) is 3.48. The highest BCUT2D eigenvalue weighted by molar-refractivity contribution is 6.31. The molecule has 8 heteroatoms.